The summed E-state index contributed by atoms with van der Waals surface area (Å²) in [5.41, 5.74) is 0. The summed E-state index contributed by atoms with van der Waals surface area (Å²) < 4.78 is 5.58. The van der Waals surface area contributed by atoms with Gasteiger partial charge < -0.3 is 9.73 Å². The highest BCUT2D eigenvalue weighted by molar-refractivity contribution is 5.00. The van der Waals surface area contributed by atoms with Crippen molar-refractivity contribution in [3.05, 3.63) is 24.2 Å². The summed E-state index contributed by atoms with van der Waals surface area (Å²) in [4.78, 5) is 2.65. The van der Waals surface area contributed by atoms with E-state index in [0.29, 0.717) is 18.0 Å². The molecule has 118 valence electrons. The van der Waals surface area contributed by atoms with Crippen molar-refractivity contribution in [1.82, 2.24) is 10.2 Å². The molecule has 2 fully saturated rings. The van der Waals surface area contributed by atoms with Gasteiger partial charge in [-0.05, 0) is 36.8 Å². The van der Waals surface area contributed by atoms with E-state index < -0.39 is 0 Å². The average molecular weight is 290 g/mol. The number of hydrogen-bond donors (Lipinski definition) is 1. The summed E-state index contributed by atoms with van der Waals surface area (Å²) in [5, 5.41) is 3.86. The van der Waals surface area contributed by atoms with Crippen LogP contribution in [0.4, 0.5) is 0 Å². The Labute approximate surface area is 129 Å². The van der Waals surface area contributed by atoms with Crippen LogP contribution in [-0.2, 0) is 6.54 Å². The van der Waals surface area contributed by atoms with E-state index in [9.17, 15) is 0 Å². The van der Waals surface area contributed by atoms with E-state index in [1.807, 2.05) is 6.07 Å². The zero-order valence-corrected chi connectivity index (χ0v) is 13.6. The van der Waals surface area contributed by atoms with Gasteiger partial charge in [0.05, 0.1) is 12.8 Å². The molecule has 1 aromatic rings. The highest BCUT2D eigenvalue weighted by atomic mass is 16.3. The molecule has 3 rings (SSSR count). The minimum atomic E-state index is 0.620. The van der Waals surface area contributed by atoms with Gasteiger partial charge in [0.1, 0.15) is 5.76 Å². The Bertz CT molecular complexity index is 409. The standard InChI is InChI=1S/C18H30N2O/c1-14(2)18-11-19-17(15-7-4-3-5-8-15)13-20(18)12-16-9-6-10-21-16/h6,9-10,14-15,17-19H,3-5,7-8,11-13H2,1-2H3. The van der Waals surface area contributed by atoms with Gasteiger partial charge >= 0.3 is 0 Å². The van der Waals surface area contributed by atoms with Crippen LogP contribution >= 0.6 is 0 Å². The van der Waals surface area contributed by atoms with Gasteiger partial charge in [0.25, 0.3) is 0 Å². The third kappa shape index (κ3) is 3.70. The van der Waals surface area contributed by atoms with Crippen LogP contribution in [0.5, 0.6) is 0 Å². The van der Waals surface area contributed by atoms with Gasteiger partial charge in [-0.2, -0.15) is 0 Å². The minimum absolute atomic E-state index is 0.620. The lowest BCUT2D eigenvalue weighted by Gasteiger charge is -2.45. The zero-order valence-electron chi connectivity index (χ0n) is 13.6. The number of nitrogens with zero attached hydrogens (tertiary/aromatic N) is 1. The second-order valence-corrected chi connectivity index (χ2v) is 7.23. The van der Waals surface area contributed by atoms with Crippen LogP contribution in [0.1, 0.15) is 51.7 Å². The number of nitrogens with one attached hydrogen (secondary N) is 1. The molecule has 1 saturated heterocycles. The molecule has 0 amide bonds. The molecular weight excluding hydrogens is 260 g/mol. The molecule has 1 saturated carbocycles. The maximum Gasteiger partial charge on any atom is 0.117 e. The molecule has 2 unspecified atom stereocenters. The quantitative estimate of drug-likeness (QED) is 0.917. The number of furan rings is 1. The van der Waals surface area contributed by atoms with Gasteiger partial charge in [-0.1, -0.05) is 33.1 Å². The second-order valence-electron chi connectivity index (χ2n) is 7.23. The monoisotopic (exact) mass is 290 g/mol. The van der Waals surface area contributed by atoms with Gasteiger partial charge in [-0.15, -0.1) is 0 Å². The highest BCUT2D eigenvalue weighted by Gasteiger charge is 2.34. The predicted octanol–water partition coefficient (Wildman–Crippen LogP) is 3.66. The van der Waals surface area contributed by atoms with Gasteiger partial charge in [0, 0.05) is 25.2 Å². The average Bonchev–Trinajstić information content (AvgIpc) is 3.01. The summed E-state index contributed by atoms with van der Waals surface area (Å²) in [7, 11) is 0. The molecule has 2 heterocycles. The van der Waals surface area contributed by atoms with Crippen molar-refractivity contribution < 1.29 is 4.42 Å². The van der Waals surface area contributed by atoms with E-state index in [1.54, 1.807) is 6.26 Å². The largest absolute Gasteiger partial charge is 0.468 e. The van der Waals surface area contributed by atoms with Crippen molar-refractivity contribution in [3.63, 3.8) is 0 Å². The predicted molar refractivity (Wildman–Crippen MR) is 86.1 cm³/mol. The van der Waals surface area contributed by atoms with Crippen LogP contribution in [0.3, 0.4) is 0 Å². The van der Waals surface area contributed by atoms with E-state index in [-0.39, 0.29) is 0 Å². The number of rotatable bonds is 4. The van der Waals surface area contributed by atoms with Crippen LogP contribution in [0.15, 0.2) is 22.8 Å². The van der Waals surface area contributed by atoms with E-state index >= 15 is 0 Å². The maximum absolute atomic E-state index is 5.58. The van der Waals surface area contributed by atoms with Crippen LogP contribution < -0.4 is 5.32 Å². The fraction of sp³-hybridized carbons (Fsp3) is 0.778. The molecule has 3 nitrogen and oxygen atoms in total. The number of hydrogen-bond acceptors (Lipinski definition) is 3. The van der Waals surface area contributed by atoms with Crippen LogP contribution in [0, 0.1) is 11.8 Å². The van der Waals surface area contributed by atoms with E-state index in [4.69, 9.17) is 4.42 Å². The summed E-state index contributed by atoms with van der Waals surface area (Å²) in [6.45, 7) is 7.93. The van der Waals surface area contributed by atoms with Gasteiger partial charge in [-0.3, -0.25) is 4.90 Å². The molecule has 0 bridgehead atoms. The molecule has 21 heavy (non-hydrogen) atoms. The Morgan fingerprint density at radius 2 is 2.10 bits per heavy atom. The van der Waals surface area contributed by atoms with E-state index in [1.165, 1.54) is 38.6 Å². The fourth-order valence-electron chi connectivity index (χ4n) is 4.15. The third-order valence-electron chi connectivity index (χ3n) is 5.42. The molecule has 0 spiro atoms. The highest BCUT2D eigenvalue weighted by Crippen LogP contribution is 2.29. The van der Waals surface area contributed by atoms with Crippen molar-refractivity contribution in [2.24, 2.45) is 11.8 Å². The fourth-order valence-corrected chi connectivity index (χ4v) is 4.15. The molecular formula is C18H30N2O. The molecule has 1 aliphatic heterocycles. The minimum Gasteiger partial charge on any atom is -0.468 e. The topological polar surface area (TPSA) is 28.4 Å². The lowest BCUT2D eigenvalue weighted by atomic mass is 9.82. The first-order valence-electron chi connectivity index (χ1n) is 8.74. The Hall–Kier alpha value is -0.800. The molecule has 0 radical (unpaired) electrons. The van der Waals surface area contributed by atoms with Gasteiger partial charge in [0.2, 0.25) is 0 Å². The van der Waals surface area contributed by atoms with Crippen molar-refractivity contribution in [3.8, 4) is 0 Å². The number of piperazine rings is 1. The van der Waals surface area contributed by atoms with E-state index in [0.717, 1.165) is 24.8 Å². The molecule has 2 atom stereocenters. The summed E-state index contributed by atoms with van der Waals surface area (Å²) in [5.74, 6) is 2.66. The van der Waals surface area contributed by atoms with Crippen LogP contribution in [0.25, 0.3) is 0 Å². The first kappa shape index (κ1) is 15.1. The molecule has 2 aliphatic rings. The Balaban J connectivity index is 1.65. The lowest BCUT2D eigenvalue weighted by molar-refractivity contribution is 0.0605. The molecule has 1 N–H and O–H groups in total. The smallest absolute Gasteiger partial charge is 0.117 e. The zero-order chi connectivity index (χ0) is 14.7. The molecule has 1 aromatic heterocycles. The maximum atomic E-state index is 5.58. The molecule has 0 aromatic carbocycles. The first-order chi connectivity index (χ1) is 10.2. The van der Waals surface area contributed by atoms with Crippen molar-refractivity contribution in [1.29, 1.82) is 0 Å². The van der Waals surface area contributed by atoms with Crippen molar-refractivity contribution >= 4 is 0 Å². The Kier molecular flexibility index (Phi) is 5.02. The lowest BCUT2D eigenvalue weighted by Crippen LogP contribution is -2.59. The Morgan fingerprint density at radius 3 is 2.76 bits per heavy atom. The summed E-state index contributed by atoms with van der Waals surface area (Å²) >= 11 is 0. The second kappa shape index (κ2) is 6.97. The third-order valence-corrected chi connectivity index (χ3v) is 5.42. The van der Waals surface area contributed by atoms with Gasteiger partial charge in [-0.25, -0.2) is 0 Å². The van der Waals surface area contributed by atoms with E-state index in [2.05, 4.69) is 30.1 Å². The first-order valence-corrected chi connectivity index (χ1v) is 8.74. The summed E-state index contributed by atoms with van der Waals surface area (Å²) in [6.07, 6.45) is 8.91. The normalized spacial score (nSPS) is 29.1. The summed E-state index contributed by atoms with van der Waals surface area (Å²) in [6, 6.07) is 5.40. The SMILES string of the molecule is CC(C)C1CNC(C2CCCCC2)CN1Cc1ccco1. The molecule has 1 aliphatic carbocycles. The van der Waals surface area contributed by atoms with Crippen LogP contribution in [-0.4, -0.2) is 30.1 Å². The van der Waals surface area contributed by atoms with Crippen molar-refractivity contribution in [2.75, 3.05) is 13.1 Å². The molecule has 3 heteroatoms. The Morgan fingerprint density at radius 1 is 1.29 bits per heavy atom. The van der Waals surface area contributed by atoms with Gasteiger partial charge in [0.15, 0.2) is 0 Å². The van der Waals surface area contributed by atoms with Crippen LogP contribution in [0.2, 0.25) is 0 Å². The van der Waals surface area contributed by atoms with Crippen molar-refractivity contribution in [2.45, 2.75) is 64.6 Å².